The number of carbonyl (C=O) groups is 2. The van der Waals surface area contributed by atoms with E-state index < -0.39 is 5.97 Å². The van der Waals surface area contributed by atoms with E-state index in [1.165, 1.54) is 0 Å². The van der Waals surface area contributed by atoms with Crippen LogP contribution in [0.1, 0.15) is 31.2 Å². The van der Waals surface area contributed by atoms with Crippen molar-refractivity contribution < 1.29 is 19.4 Å². The van der Waals surface area contributed by atoms with Gasteiger partial charge in [-0.1, -0.05) is 12.1 Å². The summed E-state index contributed by atoms with van der Waals surface area (Å²) in [6.07, 6.45) is 2.09. The molecule has 0 saturated heterocycles. The van der Waals surface area contributed by atoms with Crippen molar-refractivity contribution in [3.05, 3.63) is 29.8 Å². The van der Waals surface area contributed by atoms with Gasteiger partial charge in [-0.05, 0) is 30.5 Å². The van der Waals surface area contributed by atoms with E-state index in [1.807, 2.05) is 24.3 Å². The first-order valence-corrected chi connectivity index (χ1v) is 5.98. The minimum Gasteiger partial charge on any atom is -0.497 e. The van der Waals surface area contributed by atoms with Gasteiger partial charge in [0.1, 0.15) is 11.5 Å². The lowest BCUT2D eigenvalue weighted by molar-refractivity contribution is -0.138. The third-order valence-electron chi connectivity index (χ3n) is 2.70. The van der Waals surface area contributed by atoms with Gasteiger partial charge < -0.3 is 9.84 Å². The molecule has 0 amide bonds. The maximum Gasteiger partial charge on any atom is 0.303 e. The third-order valence-corrected chi connectivity index (χ3v) is 2.70. The Bertz CT molecular complexity index is 395. The molecular formula is C14H18O4. The fourth-order valence-electron chi connectivity index (χ4n) is 1.65. The second-order valence-electron chi connectivity index (χ2n) is 4.13. The number of ether oxygens (including phenoxy) is 1. The number of rotatable bonds is 8. The molecule has 0 aromatic heterocycles. The molecule has 0 saturated carbocycles. The Kier molecular flexibility index (Phi) is 5.91. The van der Waals surface area contributed by atoms with E-state index in [1.54, 1.807) is 7.11 Å². The van der Waals surface area contributed by atoms with Crippen LogP contribution in [-0.4, -0.2) is 24.0 Å². The molecule has 0 fully saturated rings. The second kappa shape index (κ2) is 7.48. The molecule has 0 unspecified atom stereocenters. The normalized spacial score (nSPS) is 10.1. The van der Waals surface area contributed by atoms with Crippen molar-refractivity contribution in [2.75, 3.05) is 7.11 Å². The maximum absolute atomic E-state index is 11.4. The zero-order chi connectivity index (χ0) is 13.4. The van der Waals surface area contributed by atoms with Crippen molar-refractivity contribution >= 4 is 11.8 Å². The average molecular weight is 250 g/mol. The maximum atomic E-state index is 11.4. The summed E-state index contributed by atoms with van der Waals surface area (Å²) in [5.74, 6) is -0.0827. The van der Waals surface area contributed by atoms with Crippen molar-refractivity contribution in [1.29, 1.82) is 0 Å². The molecule has 0 aliphatic heterocycles. The van der Waals surface area contributed by atoms with E-state index in [9.17, 15) is 9.59 Å². The highest BCUT2D eigenvalue weighted by molar-refractivity contribution is 5.82. The van der Waals surface area contributed by atoms with Crippen LogP contribution in [0.3, 0.4) is 0 Å². The van der Waals surface area contributed by atoms with Gasteiger partial charge >= 0.3 is 5.97 Å². The highest BCUT2D eigenvalue weighted by Crippen LogP contribution is 2.13. The summed E-state index contributed by atoms with van der Waals surface area (Å²) in [5.41, 5.74) is 1.15. The fraction of sp³-hybridized carbons (Fsp3) is 0.429. The Morgan fingerprint density at radius 2 is 1.78 bits per heavy atom. The zero-order valence-electron chi connectivity index (χ0n) is 10.5. The molecule has 1 N–H and O–H groups in total. The number of Topliss-reactive ketones (excluding diaryl/α,β-unsaturated/α-hetero) is 1. The lowest BCUT2D eigenvalue weighted by Crippen LogP contribution is -2.03. The molecule has 0 aliphatic rings. The van der Waals surface area contributed by atoms with Crippen LogP contribution in [0.5, 0.6) is 5.75 Å². The molecule has 0 aliphatic carbocycles. The van der Waals surface area contributed by atoms with Gasteiger partial charge in [-0.15, -0.1) is 0 Å². The molecule has 4 heteroatoms. The standard InChI is InChI=1S/C14H18O4/c1-18-13-8-5-11(6-9-13)3-2-4-12(15)7-10-14(16)17/h5-6,8-9H,2-4,7,10H2,1H3,(H,16,17). The van der Waals surface area contributed by atoms with Crippen LogP contribution in [0, 0.1) is 0 Å². The SMILES string of the molecule is COc1ccc(CCCC(=O)CCC(=O)O)cc1. The molecule has 0 spiro atoms. The summed E-state index contributed by atoms with van der Waals surface area (Å²) >= 11 is 0. The predicted molar refractivity (Wildman–Crippen MR) is 67.8 cm³/mol. The van der Waals surface area contributed by atoms with Crippen molar-refractivity contribution in [3.63, 3.8) is 0 Å². The van der Waals surface area contributed by atoms with Crippen LogP contribution in [0.25, 0.3) is 0 Å². The van der Waals surface area contributed by atoms with E-state index >= 15 is 0 Å². The van der Waals surface area contributed by atoms with Crippen LogP contribution in [0.4, 0.5) is 0 Å². The summed E-state index contributed by atoms with van der Waals surface area (Å²) in [6.45, 7) is 0. The van der Waals surface area contributed by atoms with Gasteiger partial charge in [-0.25, -0.2) is 0 Å². The zero-order valence-corrected chi connectivity index (χ0v) is 10.5. The second-order valence-corrected chi connectivity index (χ2v) is 4.13. The monoisotopic (exact) mass is 250 g/mol. The molecular weight excluding hydrogens is 232 g/mol. The Hall–Kier alpha value is -1.84. The number of aliphatic carboxylic acids is 1. The number of carboxylic acids is 1. The van der Waals surface area contributed by atoms with Crippen LogP contribution in [0.2, 0.25) is 0 Å². The van der Waals surface area contributed by atoms with Crippen LogP contribution >= 0.6 is 0 Å². The molecule has 98 valence electrons. The third kappa shape index (κ3) is 5.48. The summed E-state index contributed by atoms with van der Waals surface area (Å²) in [4.78, 5) is 21.7. The topological polar surface area (TPSA) is 63.6 Å². The van der Waals surface area contributed by atoms with Gasteiger partial charge in [-0.2, -0.15) is 0 Å². The average Bonchev–Trinajstić information content (AvgIpc) is 2.37. The van der Waals surface area contributed by atoms with Crippen molar-refractivity contribution in [3.8, 4) is 5.75 Å². The Labute approximate surface area is 107 Å². The molecule has 0 heterocycles. The fourth-order valence-corrected chi connectivity index (χ4v) is 1.65. The minimum absolute atomic E-state index is 0.0194. The Balaban J connectivity index is 2.24. The van der Waals surface area contributed by atoms with Gasteiger partial charge in [0, 0.05) is 12.8 Å². The molecule has 1 rings (SSSR count). The first-order valence-electron chi connectivity index (χ1n) is 5.98. The predicted octanol–water partition coefficient (Wildman–Crippen LogP) is 2.45. The highest BCUT2D eigenvalue weighted by Gasteiger charge is 2.05. The molecule has 0 radical (unpaired) electrons. The smallest absolute Gasteiger partial charge is 0.303 e. The molecule has 18 heavy (non-hydrogen) atoms. The quantitative estimate of drug-likeness (QED) is 0.769. The Morgan fingerprint density at radius 1 is 1.11 bits per heavy atom. The van der Waals surface area contributed by atoms with E-state index in [-0.39, 0.29) is 18.6 Å². The molecule has 1 aromatic rings. The molecule has 4 nitrogen and oxygen atoms in total. The van der Waals surface area contributed by atoms with Crippen LogP contribution in [-0.2, 0) is 16.0 Å². The van der Waals surface area contributed by atoms with Crippen molar-refractivity contribution in [2.24, 2.45) is 0 Å². The summed E-state index contributed by atoms with van der Waals surface area (Å²) < 4.78 is 5.06. The van der Waals surface area contributed by atoms with E-state index in [0.717, 1.165) is 24.2 Å². The number of hydrogen-bond donors (Lipinski definition) is 1. The van der Waals surface area contributed by atoms with Gasteiger partial charge in [0.2, 0.25) is 0 Å². The first kappa shape index (κ1) is 14.2. The number of methoxy groups -OCH3 is 1. The van der Waals surface area contributed by atoms with Crippen LogP contribution < -0.4 is 4.74 Å². The van der Waals surface area contributed by atoms with Gasteiger partial charge in [0.25, 0.3) is 0 Å². The van der Waals surface area contributed by atoms with Gasteiger partial charge in [0.05, 0.1) is 13.5 Å². The van der Waals surface area contributed by atoms with E-state index in [0.29, 0.717) is 6.42 Å². The van der Waals surface area contributed by atoms with E-state index in [4.69, 9.17) is 9.84 Å². The summed E-state index contributed by atoms with van der Waals surface area (Å²) in [6, 6.07) is 7.73. The van der Waals surface area contributed by atoms with Crippen LogP contribution in [0.15, 0.2) is 24.3 Å². The number of benzene rings is 1. The number of hydrogen-bond acceptors (Lipinski definition) is 3. The van der Waals surface area contributed by atoms with E-state index in [2.05, 4.69) is 0 Å². The highest BCUT2D eigenvalue weighted by atomic mass is 16.5. The van der Waals surface area contributed by atoms with Crippen molar-refractivity contribution in [2.45, 2.75) is 32.1 Å². The van der Waals surface area contributed by atoms with Gasteiger partial charge in [-0.3, -0.25) is 9.59 Å². The number of carbonyl (C=O) groups excluding carboxylic acids is 1. The lowest BCUT2D eigenvalue weighted by Gasteiger charge is -2.03. The minimum atomic E-state index is -0.918. The summed E-state index contributed by atoms with van der Waals surface area (Å²) in [7, 11) is 1.62. The lowest BCUT2D eigenvalue weighted by atomic mass is 10.0. The first-order chi connectivity index (χ1) is 8.61. The molecule has 1 aromatic carbocycles. The number of carboxylic acid groups (broad SMARTS) is 1. The number of ketones is 1. The molecule has 0 atom stereocenters. The van der Waals surface area contributed by atoms with Gasteiger partial charge in [0.15, 0.2) is 0 Å². The molecule has 0 bridgehead atoms. The van der Waals surface area contributed by atoms with Crippen molar-refractivity contribution in [1.82, 2.24) is 0 Å². The Morgan fingerprint density at radius 3 is 2.33 bits per heavy atom. The largest absolute Gasteiger partial charge is 0.497 e. The number of aryl methyl sites for hydroxylation is 1. The summed E-state index contributed by atoms with van der Waals surface area (Å²) in [5, 5.41) is 8.45.